The fraction of sp³-hybridized carbons (Fsp3) is 0.385. The summed E-state index contributed by atoms with van der Waals surface area (Å²) >= 11 is 0. The van der Waals surface area contributed by atoms with E-state index in [2.05, 4.69) is 0 Å². The number of benzene rings is 1. The first-order valence-electron chi connectivity index (χ1n) is 5.75. The number of rotatable bonds is 5. The van der Waals surface area contributed by atoms with Crippen LogP contribution in [-0.2, 0) is 16.1 Å². The third kappa shape index (κ3) is 4.86. The molecular formula is C13H18N2O3. The SMILES string of the molecule is CCOC(=N)CN(C)C(=O)OCc1ccccc1. The van der Waals surface area contributed by atoms with Gasteiger partial charge in [-0.3, -0.25) is 5.41 Å². The third-order valence-corrected chi connectivity index (χ3v) is 2.22. The second-order valence-electron chi connectivity index (χ2n) is 3.75. The summed E-state index contributed by atoms with van der Waals surface area (Å²) in [6.45, 7) is 2.56. The van der Waals surface area contributed by atoms with Crippen molar-refractivity contribution in [1.82, 2.24) is 4.90 Å². The maximum Gasteiger partial charge on any atom is 0.410 e. The smallest absolute Gasteiger partial charge is 0.410 e. The van der Waals surface area contributed by atoms with Crippen LogP contribution in [0.25, 0.3) is 0 Å². The third-order valence-electron chi connectivity index (χ3n) is 2.22. The van der Waals surface area contributed by atoms with E-state index in [1.165, 1.54) is 4.90 Å². The van der Waals surface area contributed by atoms with Crippen molar-refractivity contribution in [2.45, 2.75) is 13.5 Å². The summed E-state index contributed by atoms with van der Waals surface area (Å²) in [5.41, 5.74) is 0.930. The Morgan fingerprint density at radius 2 is 1.94 bits per heavy atom. The summed E-state index contributed by atoms with van der Waals surface area (Å²) in [5.74, 6) is 0.0525. The lowest BCUT2D eigenvalue weighted by molar-refractivity contribution is 0.107. The molecule has 98 valence electrons. The first kappa shape index (κ1) is 14.0. The van der Waals surface area contributed by atoms with Gasteiger partial charge in [0.2, 0.25) is 5.90 Å². The molecule has 0 saturated carbocycles. The molecule has 0 unspecified atom stereocenters. The summed E-state index contributed by atoms with van der Waals surface area (Å²) in [7, 11) is 1.57. The number of hydrogen-bond donors (Lipinski definition) is 1. The molecule has 1 amide bonds. The number of nitrogens with zero attached hydrogens (tertiary/aromatic N) is 1. The number of nitrogens with one attached hydrogen (secondary N) is 1. The van der Waals surface area contributed by atoms with Crippen LogP contribution in [-0.4, -0.2) is 37.1 Å². The van der Waals surface area contributed by atoms with Gasteiger partial charge in [-0.05, 0) is 12.5 Å². The van der Waals surface area contributed by atoms with Gasteiger partial charge in [0.05, 0.1) is 13.2 Å². The van der Waals surface area contributed by atoms with Crippen molar-refractivity contribution in [3.63, 3.8) is 0 Å². The standard InChI is InChI=1S/C13H18N2O3/c1-3-17-12(14)9-15(2)13(16)18-10-11-7-5-4-6-8-11/h4-8,14H,3,9-10H2,1-2H3. The molecule has 1 N–H and O–H groups in total. The summed E-state index contributed by atoms with van der Waals surface area (Å²) in [6.07, 6.45) is -0.469. The van der Waals surface area contributed by atoms with Gasteiger partial charge < -0.3 is 14.4 Å². The fourth-order valence-electron chi connectivity index (χ4n) is 1.33. The van der Waals surface area contributed by atoms with E-state index in [0.29, 0.717) is 6.61 Å². The molecule has 18 heavy (non-hydrogen) atoms. The number of carbonyl (C=O) groups excluding carboxylic acids is 1. The van der Waals surface area contributed by atoms with Crippen molar-refractivity contribution in [2.75, 3.05) is 20.2 Å². The maximum absolute atomic E-state index is 11.6. The molecule has 0 spiro atoms. The zero-order valence-corrected chi connectivity index (χ0v) is 10.7. The second-order valence-corrected chi connectivity index (χ2v) is 3.75. The van der Waals surface area contributed by atoms with Gasteiger partial charge in [0, 0.05) is 7.05 Å². The molecule has 1 rings (SSSR count). The van der Waals surface area contributed by atoms with Crippen LogP contribution in [0.5, 0.6) is 0 Å². The molecule has 0 saturated heterocycles. The molecule has 0 aromatic heterocycles. The molecule has 0 atom stereocenters. The zero-order chi connectivity index (χ0) is 13.4. The van der Waals surface area contributed by atoms with Crippen LogP contribution >= 0.6 is 0 Å². The van der Waals surface area contributed by atoms with Crippen LogP contribution in [0.15, 0.2) is 30.3 Å². The lowest BCUT2D eigenvalue weighted by Crippen LogP contribution is -2.33. The molecule has 1 aromatic rings. The van der Waals surface area contributed by atoms with E-state index in [0.717, 1.165) is 5.56 Å². The Balaban J connectivity index is 2.34. The van der Waals surface area contributed by atoms with Crippen molar-refractivity contribution in [3.8, 4) is 0 Å². The van der Waals surface area contributed by atoms with E-state index in [9.17, 15) is 4.79 Å². The summed E-state index contributed by atoms with van der Waals surface area (Å²) in [6, 6.07) is 9.45. The van der Waals surface area contributed by atoms with Crippen molar-refractivity contribution in [2.24, 2.45) is 0 Å². The number of carbonyl (C=O) groups is 1. The minimum Gasteiger partial charge on any atom is -0.480 e. The van der Waals surface area contributed by atoms with Crippen molar-refractivity contribution >= 4 is 12.0 Å². The van der Waals surface area contributed by atoms with Crippen LogP contribution in [0.2, 0.25) is 0 Å². The Kier molecular flexibility index (Phi) is 5.70. The van der Waals surface area contributed by atoms with Crippen molar-refractivity contribution in [1.29, 1.82) is 5.41 Å². The quantitative estimate of drug-likeness (QED) is 0.644. The van der Waals surface area contributed by atoms with Crippen LogP contribution in [0, 0.1) is 5.41 Å². The van der Waals surface area contributed by atoms with Gasteiger partial charge in [-0.15, -0.1) is 0 Å². The van der Waals surface area contributed by atoms with E-state index >= 15 is 0 Å². The van der Waals surface area contributed by atoms with E-state index in [1.807, 2.05) is 30.3 Å². The molecule has 0 fully saturated rings. The number of hydrogen-bond acceptors (Lipinski definition) is 4. The Bertz CT molecular complexity index is 392. The molecule has 0 bridgehead atoms. The Morgan fingerprint density at radius 1 is 1.28 bits per heavy atom. The minimum atomic E-state index is -0.469. The number of ether oxygens (including phenoxy) is 2. The molecule has 0 heterocycles. The largest absolute Gasteiger partial charge is 0.480 e. The van der Waals surface area contributed by atoms with Crippen LogP contribution in [0.1, 0.15) is 12.5 Å². The predicted octanol–water partition coefficient (Wildman–Crippen LogP) is 2.27. The van der Waals surface area contributed by atoms with Gasteiger partial charge >= 0.3 is 6.09 Å². The Labute approximate surface area is 107 Å². The lowest BCUT2D eigenvalue weighted by Gasteiger charge is -2.17. The monoisotopic (exact) mass is 250 g/mol. The molecule has 0 aliphatic rings. The first-order chi connectivity index (χ1) is 8.63. The highest BCUT2D eigenvalue weighted by Gasteiger charge is 2.12. The summed E-state index contributed by atoms with van der Waals surface area (Å²) in [4.78, 5) is 12.9. The van der Waals surface area contributed by atoms with Crippen LogP contribution in [0.4, 0.5) is 4.79 Å². The maximum atomic E-state index is 11.6. The number of likely N-dealkylation sites (N-methyl/N-ethyl adjacent to an activating group) is 1. The second kappa shape index (κ2) is 7.32. The van der Waals surface area contributed by atoms with Gasteiger partial charge in [0.25, 0.3) is 0 Å². The van der Waals surface area contributed by atoms with Gasteiger partial charge in [-0.25, -0.2) is 4.79 Å². The van der Waals surface area contributed by atoms with E-state index in [1.54, 1.807) is 14.0 Å². The van der Waals surface area contributed by atoms with Crippen LogP contribution in [0.3, 0.4) is 0 Å². The molecule has 0 radical (unpaired) electrons. The van der Waals surface area contributed by atoms with E-state index < -0.39 is 6.09 Å². The average Bonchev–Trinajstić information content (AvgIpc) is 2.37. The fourth-order valence-corrected chi connectivity index (χ4v) is 1.33. The highest BCUT2D eigenvalue weighted by Crippen LogP contribution is 2.02. The van der Waals surface area contributed by atoms with E-state index in [-0.39, 0.29) is 19.0 Å². The molecule has 5 nitrogen and oxygen atoms in total. The van der Waals surface area contributed by atoms with E-state index in [4.69, 9.17) is 14.9 Å². The highest BCUT2D eigenvalue weighted by molar-refractivity contribution is 5.79. The average molecular weight is 250 g/mol. The lowest BCUT2D eigenvalue weighted by atomic mass is 10.2. The molecule has 5 heteroatoms. The van der Waals surface area contributed by atoms with Crippen LogP contribution < -0.4 is 0 Å². The Hall–Kier alpha value is -2.04. The predicted molar refractivity (Wildman–Crippen MR) is 68.6 cm³/mol. The molecular weight excluding hydrogens is 232 g/mol. The minimum absolute atomic E-state index is 0.0525. The van der Waals surface area contributed by atoms with Crippen molar-refractivity contribution in [3.05, 3.63) is 35.9 Å². The normalized spacial score (nSPS) is 9.67. The van der Waals surface area contributed by atoms with Gasteiger partial charge in [0.1, 0.15) is 6.61 Å². The first-order valence-corrected chi connectivity index (χ1v) is 5.75. The van der Waals surface area contributed by atoms with Gasteiger partial charge in [0.15, 0.2) is 0 Å². The molecule has 1 aromatic carbocycles. The van der Waals surface area contributed by atoms with Gasteiger partial charge in [-0.1, -0.05) is 30.3 Å². The molecule has 0 aliphatic carbocycles. The zero-order valence-electron chi connectivity index (χ0n) is 10.7. The topological polar surface area (TPSA) is 62.6 Å². The number of amides is 1. The Morgan fingerprint density at radius 3 is 2.56 bits per heavy atom. The summed E-state index contributed by atoms with van der Waals surface area (Å²) < 4.78 is 10.1. The molecule has 0 aliphatic heterocycles. The van der Waals surface area contributed by atoms with Crippen molar-refractivity contribution < 1.29 is 14.3 Å². The van der Waals surface area contributed by atoms with Gasteiger partial charge in [-0.2, -0.15) is 0 Å². The summed E-state index contributed by atoms with van der Waals surface area (Å²) in [5, 5.41) is 7.44. The highest BCUT2D eigenvalue weighted by atomic mass is 16.6.